The van der Waals surface area contributed by atoms with E-state index in [0.717, 1.165) is 27.1 Å². The zero-order chi connectivity index (χ0) is 15.9. The Balaban J connectivity index is 2.15. The van der Waals surface area contributed by atoms with Crippen molar-refractivity contribution in [3.05, 3.63) is 64.1 Å². The average molecular weight is 382 g/mol. The molecule has 0 atom stereocenters. The maximum Gasteiger partial charge on any atom is 0.245 e. The van der Waals surface area contributed by atoms with Crippen LogP contribution < -0.4 is 9.47 Å². The smallest absolute Gasteiger partial charge is 0.245 e. The van der Waals surface area contributed by atoms with Gasteiger partial charge in [0.05, 0.1) is 7.11 Å². The van der Waals surface area contributed by atoms with Gasteiger partial charge < -0.3 is 9.47 Å². The molecule has 0 amide bonds. The Kier molecular flexibility index (Phi) is 6.04. The van der Waals surface area contributed by atoms with Gasteiger partial charge in [0.2, 0.25) is 5.24 Å². The molecule has 0 radical (unpaired) electrons. The second-order valence-electron chi connectivity index (χ2n) is 4.45. The summed E-state index contributed by atoms with van der Waals surface area (Å²) >= 11 is 8.68. The first kappa shape index (κ1) is 16.6. The third kappa shape index (κ3) is 4.90. The van der Waals surface area contributed by atoms with E-state index in [0.29, 0.717) is 6.61 Å². The summed E-state index contributed by atoms with van der Waals surface area (Å²) in [5, 5.41) is -0.511. The molecular weight excluding hydrogens is 368 g/mol. The number of methoxy groups -OCH3 is 1. The molecule has 0 saturated heterocycles. The lowest BCUT2D eigenvalue weighted by Crippen LogP contribution is -1.99. The van der Waals surface area contributed by atoms with Gasteiger partial charge in [0.1, 0.15) is 18.1 Å². The van der Waals surface area contributed by atoms with Crippen LogP contribution in [0.25, 0.3) is 6.08 Å². The van der Waals surface area contributed by atoms with Gasteiger partial charge in [0, 0.05) is 10.0 Å². The molecule has 0 aromatic heterocycles. The van der Waals surface area contributed by atoms with Crippen molar-refractivity contribution in [2.45, 2.75) is 6.61 Å². The van der Waals surface area contributed by atoms with Crippen molar-refractivity contribution < 1.29 is 14.3 Å². The normalized spacial score (nSPS) is 10.7. The molecule has 0 aliphatic rings. The SMILES string of the molecule is COc1ccc(C=CC(=O)Cl)cc1COc1ccc(Br)cc1. The van der Waals surface area contributed by atoms with E-state index >= 15 is 0 Å². The molecule has 5 heteroatoms. The molecule has 2 aromatic carbocycles. The van der Waals surface area contributed by atoms with Crippen LogP contribution in [0.5, 0.6) is 11.5 Å². The largest absolute Gasteiger partial charge is 0.496 e. The first-order chi connectivity index (χ1) is 10.6. The summed E-state index contributed by atoms with van der Waals surface area (Å²) in [6.07, 6.45) is 2.96. The van der Waals surface area contributed by atoms with E-state index in [1.807, 2.05) is 42.5 Å². The number of ether oxygens (including phenoxy) is 2. The van der Waals surface area contributed by atoms with Gasteiger partial charge in [-0.05, 0) is 59.6 Å². The fourth-order valence-electron chi connectivity index (χ4n) is 1.87. The zero-order valence-electron chi connectivity index (χ0n) is 11.9. The average Bonchev–Trinajstić information content (AvgIpc) is 2.52. The lowest BCUT2D eigenvalue weighted by molar-refractivity contribution is -0.107. The Labute approximate surface area is 142 Å². The van der Waals surface area contributed by atoms with Crippen molar-refractivity contribution in [1.82, 2.24) is 0 Å². The monoisotopic (exact) mass is 380 g/mol. The van der Waals surface area contributed by atoms with Gasteiger partial charge in [0.25, 0.3) is 0 Å². The van der Waals surface area contributed by atoms with Crippen LogP contribution in [0.15, 0.2) is 53.0 Å². The predicted molar refractivity (Wildman–Crippen MR) is 91.4 cm³/mol. The van der Waals surface area contributed by atoms with E-state index in [4.69, 9.17) is 21.1 Å². The molecule has 0 heterocycles. The Morgan fingerprint density at radius 2 is 1.95 bits per heavy atom. The molecule has 0 aliphatic heterocycles. The predicted octanol–water partition coefficient (Wildman–Crippen LogP) is 4.82. The zero-order valence-corrected chi connectivity index (χ0v) is 14.2. The minimum atomic E-state index is -0.511. The van der Waals surface area contributed by atoms with Gasteiger partial charge in [-0.1, -0.05) is 28.1 Å². The number of benzene rings is 2. The van der Waals surface area contributed by atoms with Crippen molar-refractivity contribution >= 4 is 38.8 Å². The van der Waals surface area contributed by atoms with Crippen LogP contribution in [0.1, 0.15) is 11.1 Å². The minimum absolute atomic E-state index is 0.362. The third-order valence-electron chi connectivity index (χ3n) is 2.92. The number of allylic oxidation sites excluding steroid dienone is 1. The molecule has 3 nitrogen and oxygen atoms in total. The Morgan fingerprint density at radius 1 is 1.23 bits per heavy atom. The van der Waals surface area contributed by atoms with Crippen molar-refractivity contribution in [3.8, 4) is 11.5 Å². The van der Waals surface area contributed by atoms with E-state index in [1.165, 1.54) is 6.08 Å². The van der Waals surface area contributed by atoms with Crippen molar-refractivity contribution in [1.29, 1.82) is 0 Å². The van der Waals surface area contributed by atoms with Gasteiger partial charge in [-0.3, -0.25) is 4.79 Å². The molecule has 0 bridgehead atoms. The summed E-state index contributed by atoms with van der Waals surface area (Å²) in [4.78, 5) is 10.8. The molecule has 0 unspecified atom stereocenters. The van der Waals surface area contributed by atoms with E-state index in [-0.39, 0.29) is 0 Å². The fraction of sp³-hybridized carbons (Fsp3) is 0.118. The van der Waals surface area contributed by atoms with Crippen LogP contribution in [0, 0.1) is 0 Å². The lowest BCUT2D eigenvalue weighted by Gasteiger charge is -2.11. The lowest BCUT2D eigenvalue weighted by atomic mass is 10.1. The van der Waals surface area contributed by atoms with Crippen LogP contribution >= 0.6 is 27.5 Å². The topological polar surface area (TPSA) is 35.5 Å². The molecule has 0 N–H and O–H groups in total. The molecule has 2 rings (SSSR count). The molecule has 0 fully saturated rings. The van der Waals surface area contributed by atoms with Gasteiger partial charge in [-0.2, -0.15) is 0 Å². The number of carbonyl (C=O) groups is 1. The standard InChI is InChI=1S/C17H14BrClO3/c1-21-16-8-2-12(3-9-17(19)20)10-13(16)11-22-15-6-4-14(18)5-7-15/h2-10H,11H2,1H3. The number of carbonyl (C=O) groups excluding carboxylic acids is 1. The van der Waals surface area contributed by atoms with E-state index in [2.05, 4.69) is 15.9 Å². The van der Waals surface area contributed by atoms with Crippen LogP contribution in [-0.2, 0) is 11.4 Å². The van der Waals surface area contributed by atoms with Crippen molar-refractivity contribution in [2.24, 2.45) is 0 Å². The highest BCUT2D eigenvalue weighted by molar-refractivity contribution is 9.10. The van der Waals surface area contributed by atoms with Crippen LogP contribution in [0.4, 0.5) is 0 Å². The fourth-order valence-corrected chi connectivity index (χ4v) is 2.20. The maximum absolute atomic E-state index is 10.8. The molecule has 0 spiro atoms. The number of rotatable bonds is 6. The van der Waals surface area contributed by atoms with Crippen LogP contribution in [0.2, 0.25) is 0 Å². The Morgan fingerprint density at radius 3 is 2.59 bits per heavy atom. The van der Waals surface area contributed by atoms with Crippen LogP contribution in [-0.4, -0.2) is 12.4 Å². The van der Waals surface area contributed by atoms with E-state index in [9.17, 15) is 4.79 Å². The molecule has 2 aromatic rings. The second kappa shape index (κ2) is 8.01. The van der Waals surface area contributed by atoms with Gasteiger partial charge in [-0.25, -0.2) is 0 Å². The Hall–Kier alpha value is -1.78. The summed E-state index contributed by atoms with van der Waals surface area (Å²) in [7, 11) is 1.61. The highest BCUT2D eigenvalue weighted by atomic mass is 79.9. The highest BCUT2D eigenvalue weighted by Gasteiger charge is 2.05. The molecular formula is C17H14BrClO3. The van der Waals surface area contributed by atoms with E-state index < -0.39 is 5.24 Å². The molecule has 0 aliphatic carbocycles. The summed E-state index contributed by atoms with van der Waals surface area (Å²) in [6, 6.07) is 13.2. The first-order valence-corrected chi connectivity index (χ1v) is 7.68. The number of hydrogen-bond donors (Lipinski definition) is 0. The minimum Gasteiger partial charge on any atom is -0.496 e. The summed E-state index contributed by atoms with van der Waals surface area (Å²) in [5.74, 6) is 1.49. The van der Waals surface area contributed by atoms with Crippen molar-refractivity contribution in [3.63, 3.8) is 0 Å². The molecule has 0 saturated carbocycles. The molecule has 114 valence electrons. The number of halogens is 2. The Bertz CT molecular complexity index is 681. The highest BCUT2D eigenvalue weighted by Crippen LogP contribution is 2.23. The second-order valence-corrected chi connectivity index (χ2v) is 5.74. The van der Waals surface area contributed by atoms with Crippen LogP contribution in [0.3, 0.4) is 0 Å². The van der Waals surface area contributed by atoms with Crippen molar-refractivity contribution in [2.75, 3.05) is 7.11 Å². The summed E-state index contributed by atoms with van der Waals surface area (Å²) in [5.41, 5.74) is 1.73. The first-order valence-electron chi connectivity index (χ1n) is 6.51. The van der Waals surface area contributed by atoms with E-state index in [1.54, 1.807) is 13.2 Å². The van der Waals surface area contributed by atoms with Gasteiger partial charge in [-0.15, -0.1) is 0 Å². The quantitative estimate of drug-likeness (QED) is 0.532. The molecule has 22 heavy (non-hydrogen) atoms. The summed E-state index contributed by atoms with van der Waals surface area (Å²) < 4.78 is 12.1. The van der Waals surface area contributed by atoms with Gasteiger partial charge >= 0.3 is 0 Å². The number of hydrogen-bond acceptors (Lipinski definition) is 3. The van der Waals surface area contributed by atoms with Gasteiger partial charge in [0.15, 0.2) is 0 Å². The maximum atomic E-state index is 10.8. The third-order valence-corrected chi connectivity index (χ3v) is 3.57. The summed E-state index contributed by atoms with van der Waals surface area (Å²) in [6.45, 7) is 0.362.